The number of pyridine rings is 1. The Morgan fingerprint density at radius 2 is 1.84 bits per heavy atom. The molecule has 2 aromatic rings. The molecular formula is C20H26N2O3. The van der Waals surface area contributed by atoms with Gasteiger partial charge in [0.1, 0.15) is 11.5 Å². The highest BCUT2D eigenvalue weighted by Gasteiger charge is 2.20. The van der Waals surface area contributed by atoms with Gasteiger partial charge in [-0.15, -0.1) is 0 Å². The standard InChI is InChI=1S/C20H26N2O3/c1-23-18-6-8-19(9-7-18)25-15-17-4-3-11-22(14-17)13-16-5-10-20(24-2)21-12-16/h5-10,12,17H,3-4,11,13-15H2,1-2H3/t17-/m0/s1. The number of likely N-dealkylation sites (tertiary alicyclic amines) is 1. The van der Waals surface area contributed by atoms with Gasteiger partial charge in [0.05, 0.1) is 20.8 Å². The van der Waals surface area contributed by atoms with E-state index in [1.165, 1.54) is 18.4 Å². The smallest absolute Gasteiger partial charge is 0.212 e. The van der Waals surface area contributed by atoms with E-state index in [4.69, 9.17) is 14.2 Å². The molecule has 1 fully saturated rings. The summed E-state index contributed by atoms with van der Waals surface area (Å²) in [5.41, 5.74) is 1.22. The van der Waals surface area contributed by atoms with Crippen LogP contribution in [-0.4, -0.2) is 43.8 Å². The number of ether oxygens (including phenoxy) is 3. The topological polar surface area (TPSA) is 43.8 Å². The molecule has 134 valence electrons. The minimum atomic E-state index is 0.557. The number of benzene rings is 1. The second-order valence-electron chi connectivity index (χ2n) is 6.44. The van der Waals surface area contributed by atoms with Crippen LogP contribution >= 0.6 is 0 Å². The van der Waals surface area contributed by atoms with Crippen LogP contribution in [0.25, 0.3) is 0 Å². The first-order valence-electron chi connectivity index (χ1n) is 8.75. The van der Waals surface area contributed by atoms with E-state index in [0.717, 1.165) is 37.7 Å². The third kappa shape index (κ3) is 5.10. The minimum Gasteiger partial charge on any atom is -0.497 e. The second kappa shape index (κ2) is 8.72. The summed E-state index contributed by atoms with van der Waals surface area (Å²) in [4.78, 5) is 6.77. The van der Waals surface area contributed by atoms with Crippen LogP contribution in [0.1, 0.15) is 18.4 Å². The lowest BCUT2D eigenvalue weighted by atomic mass is 9.98. The summed E-state index contributed by atoms with van der Waals surface area (Å²) in [6, 6.07) is 11.8. The zero-order chi connectivity index (χ0) is 17.5. The van der Waals surface area contributed by atoms with E-state index in [1.807, 2.05) is 36.5 Å². The van der Waals surface area contributed by atoms with Gasteiger partial charge in [-0.2, -0.15) is 0 Å². The van der Waals surface area contributed by atoms with Gasteiger partial charge < -0.3 is 14.2 Å². The molecule has 25 heavy (non-hydrogen) atoms. The quantitative estimate of drug-likeness (QED) is 0.772. The fourth-order valence-electron chi connectivity index (χ4n) is 3.20. The Morgan fingerprint density at radius 3 is 2.52 bits per heavy atom. The molecule has 0 saturated carbocycles. The molecule has 0 aliphatic carbocycles. The van der Waals surface area contributed by atoms with E-state index >= 15 is 0 Å². The Hall–Kier alpha value is -2.27. The van der Waals surface area contributed by atoms with E-state index < -0.39 is 0 Å². The summed E-state index contributed by atoms with van der Waals surface area (Å²) in [6.07, 6.45) is 4.32. The molecule has 0 amide bonds. The number of methoxy groups -OCH3 is 2. The van der Waals surface area contributed by atoms with Crippen LogP contribution in [0.15, 0.2) is 42.6 Å². The van der Waals surface area contributed by atoms with Gasteiger partial charge in [-0.3, -0.25) is 4.90 Å². The molecule has 2 heterocycles. The van der Waals surface area contributed by atoms with Crippen molar-refractivity contribution in [2.45, 2.75) is 19.4 Å². The zero-order valence-electron chi connectivity index (χ0n) is 15.0. The maximum absolute atomic E-state index is 5.96. The van der Waals surface area contributed by atoms with Crippen molar-refractivity contribution in [2.75, 3.05) is 33.9 Å². The number of hydrogen-bond acceptors (Lipinski definition) is 5. The summed E-state index contributed by atoms with van der Waals surface area (Å²) in [6.45, 7) is 3.87. The molecule has 1 aliphatic heterocycles. The molecule has 0 bridgehead atoms. The molecule has 5 heteroatoms. The fourth-order valence-corrected chi connectivity index (χ4v) is 3.20. The second-order valence-corrected chi connectivity index (χ2v) is 6.44. The van der Waals surface area contributed by atoms with Crippen LogP contribution in [0.3, 0.4) is 0 Å². The number of piperidine rings is 1. The van der Waals surface area contributed by atoms with Gasteiger partial charge >= 0.3 is 0 Å². The Morgan fingerprint density at radius 1 is 1.04 bits per heavy atom. The molecule has 3 rings (SSSR count). The first kappa shape index (κ1) is 17.5. The highest BCUT2D eigenvalue weighted by Crippen LogP contribution is 2.22. The number of aromatic nitrogens is 1. The van der Waals surface area contributed by atoms with Crippen molar-refractivity contribution in [3.05, 3.63) is 48.2 Å². The lowest BCUT2D eigenvalue weighted by Crippen LogP contribution is -2.37. The van der Waals surface area contributed by atoms with Gasteiger partial charge in [0, 0.05) is 31.3 Å². The average molecular weight is 342 g/mol. The summed E-state index contributed by atoms with van der Waals surface area (Å²) < 4.78 is 16.3. The minimum absolute atomic E-state index is 0.557. The van der Waals surface area contributed by atoms with Gasteiger partial charge in [-0.1, -0.05) is 6.07 Å². The van der Waals surface area contributed by atoms with Crippen molar-refractivity contribution < 1.29 is 14.2 Å². The van der Waals surface area contributed by atoms with Crippen LogP contribution in [0.5, 0.6) is 17.4 Å². The van der Waals surface area contributed by atoms with Crippen molar-refractivity contribution in [3.8, 4) is 17.4 Å². The first-order valence-corrected chi connectivity index (χ1v) is 8.75. The molecule has 0 radical (unpaired) electrons. The SMILES string of the molecule is COc1ccc(OC[C@H]2CCCN(Cc3ccc(OC)nc3)C2)cc1. The van der Waals surface area contributed by atoms with Crippen LogP contribution in [0, 0.1) is 5.92 Å². The van der Waals surface area contributed by atoms with E-state index in [0.29, 0.717) is 11.8 Å². The third-order valence-electron chi connectivity index (χ3n) is 4.56. The molecule has 1 aromatic heterocycles. The highest BCUT2D eigenvalue weighted by molar-refractivity contribution is 5.31. The van der Waals surface area contributed by atoms with Crippen LogP contribution in [0.2, 0.25) is 0 Å². The lowest BCUT2D eigenvalue weighted by Gasteiger charge is -2.32. The maximum Gasteiger partial charge on any atom is 0.212 e. The van der Waals surface area contributed by atoms with Crippen LogP contribution < -0.4 is 14.2 Å². The Labute approximate surface area is 149 Å². The number of hydrogen-bond donors (Lipinski definition) is 0. The zero-order valence-corrected chi connectivity index (χ0v) is 15.0. The van der Waals surface area contributed by atoms with Gasteiger partial charge in [0.15, 0.2) is 0 Å². The Balaban J connectivity index is 1.48. The molecule has 1 aromatic carbocycles. The largest absolute Gasteiger partial charge is 0.497 e. The number of rotatable bonds is 7. The van der Waals surface area contributed by atoms with Crippen molar-refractivity contribution in [1.82, 2.24) is 9.88 Å². The molecule has 0 N–H and O–H groups in total. The van der Waals surface area contributed by atoms with Crippen molar-refractivity contribution in [1.29, 1.82) is 0 Å². The van der Waals surface area contributed by atoms with E-state index in [1.54, 1.807) is 14.2 Å². The average Bonchev–Trinajstić information content (AvgIpc) is 2.68. The van der Waals surface area contributed by atoms with Gasteiger partial charge in [0.25, 0.3) is 0 Å². The van der Waals surface area contributed by atoms with Gasteiger partial charge in [-0.05, 0) is 49.2 Å². The summed E-state index contributed by atoms with van der Waals surface area (Å²) in [5.74, 6) is 2.97. The van der Waals surface area contributed by atoms with E-state index in [9.17, 15) is 0 Å². The predicted molar refractivity (Wildman–Crippen MR) is 97.3 cm³/mol. The fraction of sp³-hybridized carbons (Fsp3) is 0.450. The van der Waals surface area contributed by atoms with E-state index in [-0.39, 0.29) is 0 Å². The normalized spacial score (nSPS) is 17.9. The molecule has 0 spiro atoms. The predicted octanol–water partition coefficient (Wildman–Crippen LogP) is 3.39. The molecule has 5 nitrogen and oxygen atoms in total. The molecule has 1 saturated heterocycles. The van der Waals surface area contributed by atoms with Crippen LogP contribution in [0.4, 0.5) is 0 Å². The molecule has 0 unspecified atom stereocenters. The Kier molecular flexibility index (Phi) is 6.12. The van der Waals surface area contributed by atoms with E-state index in [2.05, 4.69) is 16.0 Å². The first-order chi connectivity index (χ1) is 12.3. The van der Waals surface area contributed by atoms with Gasteiger partial charge in [0.2, 0.25) is 5.88 Å². The monoisotopic (exact) mass is 342 g/mol. The van der Waals surface area contributed by atoms with Crippen molar-refractivity contribution in [2.24, 2.45) is 5.92 Å². The molecule has 1 aliphatic rings. The Bertz CT molecular complexity index is 643. The maximum atomic E-state index is 5.96. The van der Waals surface area contributed by atoms with Crippen molar-refractivity contribution in [3.63, 3.8) is 0 Å². The summed E-state index contributed by atoms with van der Waals surface area (Å²) >= 11 is 0. The summed E-state index contributed by atoms with van der Waals surface area (Å²) in [5, 5.41) is 0. The number of nitrogens with zero attached hydrogens (tertiary/aromatic N) is 2. The lowest BCUT2D eigenvalue weighted by molar-refractivity contribution is 0.125. The molecule has 1 atom stereocenters. The summed E-state index contributed by atoms with van der Waals surface area (Å²) in [7, 11) is 3.31. The third-order valence-corrected chi connectivity index (χ3v) is 4.56. The van der Waals surface area contributed by atoms with Crippen molar-refractivity contribution >= 4 is 0 Å². The molecular weight excluding hydrogens is 316 g/mol. The van der Waals surface area contributed by atoms with Gasteiger partial charge in [-0.25, -0.2) is 4.98 Å². The highest BCUT2D eigenvalue weighted by atomic mass is 16.5. The van der Waals surface area contributed by atoms with Crippen LogP contribution in [-0.2, 0) is 6.54 Å².